The van der Waals surface area contributed by atoms with E-state index in [1.54, 1.807) is 37.7 Å². The third-order valence-corrected chi connectivity index (χ3v) is 3.86. The molecule has 1 N–H and O–H groups in total. The Bertz CT molecular complexity index is 840. The van der Waals surface area contributed by atoms with Gasteiger partial charge in [-0.15, -0.1) is 0 Å². The van der Waals surface area contributed by atoms with E-state index in [2.05, 4.69) is 10.3 Å². The minimum atomic E-state index is -0.247. The minimum absolute atomic E-state index is 0.247. The number of hydrogen-bond donors (Lipinski definition) is 1. The number of nitrogens with one attached hydrogen (secondary N) is 1. The molecule has 0 atom stereocenters. The van der Waals surface area contributed by atoms with Crippen LogP contribution < -0.4 is 5.32 Å². The third-order valence-electron chi connectivity index (χ3n) is 3.86. The van der Waals surface area contributed by atoms with Gasteiger partial charge in [-0.25, -0.2) is 0 Å². The number of benzene rings is 1. The minimum Gasteiger partial charge on any atom is -0.501 e. The van der Waals surface area contributed by atoms with Gasteiger partial charge in [0.1, 0.15) is 12.4 Å². The maximum atomic E-state index is 12.7. The number of hydrogen-bond acceptors (Lipinski definition) is 4. The van der Waals surface area contributed by atoms with Gasteiger partial charge in [0.2, 0.25) is 0 Å². The highest BCUT2D eigenvalue weighted by Gasteiger charge is 2.18. The Morgan fingerprint density at radius 2 is 2.00 bits per heavy atom. The molecule has 0 saturated carbocycles. The summed E-state index contributed by atoms with van der Waals surface area (Å²) in [6.45, 7) is 0.375. The number of methoxy groups -OCH3 is 1. The first-order valence-corrected chi connectivity index (χ1v) is 8.30. The molecule has 0 fully saturated rings. The van der Waals surface area contributed by atoms with E-state index in [1.807, 2.05) is 42.5 Å². The molecule has 5 nitrogen and oxygen atoms in total. The number of ether oxygens (including phenoxy) is 2. The molecule has 0 unspecified atom stereocenters. The van der Waals surface area contributed by atoms with Crippen molar-refractivity contribution < 1.29 is 14.3 Å². The summed E-state index contributed by atoms with van der Waals surface area (Å²) in [4.78, 5) is 16.8. The lowest BCUT2D eigenvalue weighted by Crippen LogP contribution is -2.17. The average molecular weight is 348 g/mol. The molecule has 26 heavy (non-hydrogen) atoms. The second-order valence-corrected chi connectivity index (χ2v) is 5.66. The second kappa shape index (κ2) is 8.67. The van der Waals surface area contributed by atoms with E-state index in [0.717, 1.165) is 11.3 Å². The van der Waals surface area contributed by atoms with Crippen molar-refractivity contribution in [3.05, 3.63) is 95.7 Å². The lowest BCUT2D eigenvalue weighted by molar-refractivity contribution is -0.113. The first kappa shape index (κ1) is 17.5. The van der Waals surface area contributed by atoms with E-state index in [0.29, 0.717) is 30.0 Å². The molecule has 0 spiro atoms. The molecule has 2 aromatic rings. The summed E-state index contributed by atoms with van der Waals surface area (Å²) in [5, 5.41) is 2.85. The maximum Gasteiger partial charge on any atom is 0.259 e. The van der Waals surface area contributed by atoms with Crippen LogP contribution >= 0.6 is 0 Å². The van der Waals surface area contributed by atoms with Crippen molar-refractivity contribution >= 4 is 11.6 Å². The van der Waals surface area contributed by atoms with E-state index in [1.165, 1.54) is 0 Å². The van der Waals surface area contributed by atoms with Crippen LogP contribution in [0.1, 0.15) is 12.0 Å². The molecular formula is C21H20N2O3. The van der Waals surface area contributed by atoms with Crippen molar-refractivity contribution in [3.63, 3.8) is 0 Å². The van der Waals surface area contributed by atoms with Gasteiger partial charge < -0.3 is 14.8 Å². The van der Waals surface area contributed by atoms with Crippen molar-refractivity contribution in [1.29, 1.82) is 0 Å². The van der Waals surface area contributed by atoms with E-state index < -0.39 is 0 Å². The Kier molecular flexibility index (Phi) is 5.83. The molecule has 1 aliphatic rings. The van der Waals surface area contributed by atoms with Crippen molar-refractivity contribution in [1.82, 2.24) is 4.98 Å². The number of aromatic nitrogens is 1. The lowest BCUT2D eigenvalue weighted by atomic mass is 10.1. The standard InChI is InChI=1S/C21H20N2O3/c1-25-18-9-11-19(21(24)23-17-8-5-13-22-14-17)20(12-10-18)26-15-16-6-3-2-4-7-16/h2-8,10-14H,9,15H2,1H3,(H,23,24). The average Bonchev–Trinajstić information content (AvgIpc) is 2.90. The number of anilines is 1. The molecule has 1 aromatic heterocycles. The Balaban J connectivity index is 1.78. The zero-order valence-electron chi connectivity index (χ0n) is 14.5. The van der Waals surface area contributed by atoms with Crippen LogP contribution in [0.25, 0.3) is 0 Å². The molecule has 0 radical (unpaired) electrons. The van der Waals surface area contributed by atoms with Gasteiger partial charge in [0, 0.05) is 12.6 Å². The largest absolute Gasteiger partial charge is 0.501 e. The van der Waals surface area contributed by atoms with E-state index >= 15 is 0 Å². The fraction of sp³-hybridized carbons (Fsp3) is 0.143. The number of rotatable bonds is 6. The maximum absolute atomic E-state index is 12.7. The monoisotopic (exact) mass is 348 g/mol. The number of amides is 1. The van der Waals surface area contributed by atoms with Crippen LogP contribution in [0.15, 0.2) is 90.2 Å². The first-order valence-electron chi connectivity index (χ1n) is 8.30. The van der Waals surface area contributed by atoms with E-state index in [9.17, 15) is 4.79 Å². The van der Waals surface area contributed by atoms with Crippen molar-refractivity contribution in [2.24, 2.45) is 0 Å². The number of nitrogens with zero attached hydrogens (tertiary/aromatic N) is 1. The van der Waals surface area contributed by atoms with Crippen LogP contribution in [0.3, 0.4) is 0 Å². The SMILES string of the molecule is COC1=CC=C(OCc2ccccc2)C(C(=O)Nc2cccnc2)=CC1. The van der Waals surface area contributed by atoms with Gasteiger partial charge >= 0.3 is 0 Å². The van der Waals surface area contributed by atoms with Crippen molar-refractivity contribution in [3.8, 4) is 0 Å². The van der Waals surface area contributed by atoms with Crippen LogP contribution in [0.4, 0.5) is 5.69 Å². The quantitative estimate of drug-likeness (QED) is 0.858. The molecule has 1 heterocycles. The normalized spacial score (nSPS) is 13.7. The topological polar surface area (TPSA) is 60.5 Å². The highest BCUT2D eigenvalue weighted by Crippen LogP contribution is 2.22. The van der Waals surface area contributed by atoms with Gasteiger partial charge in [-0.05, 0) is 29.8 Å². The molecule has 132 valence electrons. The van der Waals surface area contributed by atoms with E-state index in [4.69, 9.17) is 9.47 Å². The summed E-state index contributed by atoms with van der Waals surface area (Å²) in [5.74, 6) is 1.01. The number of carbonyl (C=O) groups is 1. The van der Waals surface area contributed by atoms with Gasteiger partial charge in [-0.2, -0.15) is 0 Å². The smallest absolute Gasteiger partial charge is 0.259 e. The van der Waals surface area contributed by atoms with Crippen LogP contribution in [-0.4, -0.2) is 18.0 Å². The lowest BCUT2D eigenvalue weighted by Gasteiger charge is -2.13. The highest BCUT2D eigenvalue weighted by atomic mass is 16.5. The second-order valence-electron chi connectivity index (χ2n) is 5.66. The predicted molar refractivity (Wildman–Crippen MR) is 100.0 cm³/mol. The molecule has 3 rings (SSSR count). The van der Waals surface area contributed by atoms with Crippen molar-refractivity contribution in [2.45, 2.75) is 13.0 Å². The summed E-state index contributed by atoms with van der Waals surface area (Å²) in [6.07, 6.45) is 9.17. The summed E-state index contributed by atoms with van der Waals surface area (Å²) in [7, 11) is 1.61. The zero-order chi connectivity index (χ0) is 18.2. The molecule has 0 aliphatic heterocycles. The molecule has 0 bridgehead atoms. The van der Waals surface area contributed by atoms with Gasteiger partial charge in [0.25, 0.3) is 5.91 Å². The van der Waals surface area contributed by atoms with Crippen LogP contribution in [0.2, 0.25) is 0 Å². The molecular weight excluding hydrogens is 328 g/mol. The Labute approximate surface area is 152 Å². The Hall–Kier alpha value is -3.34. The van der Waals surface area contributed by atoms with Crippen LogP contribution in [-0.2, 0) is 20.9 Å². The fourth-order valence-corrected chi connectivity index (χ4v) is 2.48. The Morgan fingerprint density at radius 1 is 1.15 bits per heavy atom. The van der Waals surface area contributed by atoms with Gasteiger partial charge in [-0.3, -0.25) is 9.78 Å². The zero-order valence-corrected chi connectivity index (χ0v) is 14.5. The molecule has 0 saturated heterocycles. The predicted octanol–water partition coefficient (Wildman–Crippen LogP) is 3.98. The van der Waals surface area contributed by atoms with Crippen LogP contribution in [0, 0.1) is 0 Å². The first-order chi connectivity index (χ1) is 12.8. The summed E-state index contributed by atoms with van der Waals surface area (Å²) in [5.41, 5.74) is 2.12. The van der Waals surface area contributed by atoms with Gasteiger partial charge in [0.15, 0.2) is 0 Å². The molecule has 1 amide bonds. The number of pyridine rings is 1. The third kappa shape index (κ3) is 4.60. The Morgan fingerprint density at radius 3 is 2.73 bits per heavy atom. The molecule has 1 aliphatic carbocycles. The van der Waals surface area contributed by atoms with Gasteiger partial charge in [-0.1, -0.05) is 36.4 Å². The van der Waals surface area contributed by atoms with Crippen LogP contribution in [0.5, 0.6) is 0 Å². The summed E-state index contributed by atoms with van der Waals surface area (Å²) in [6, 6.07) is 13.4. The number of allylic oxidation sites excluding steroid dienone is 3. The summed E-state index contributed by atoms with van der Waals surface area (Å²) >= 11 is 0. The summed E-state index contributed by atoms with van der Waals surface area (Å²) < 4.78 is 11.2. The fourth-order valence-electron chi connectivity index (χ4n) is 2.48. The van der Waals surface area contributed by atoms with Gasteiger partial charge in [0.05, 0.1) is 30.3 Å². The highest BCUT2D eigenvalue weighted by molar-refractivity contribution is 6.06. The molecule has 1 aromatic carbocycles. The van der Waals surface area contributed by atoms with Crippen molar-refractivity contribution in [2.75, 3.05) is 12.4 Å². The molecule has 5 heteroatoms. The van der Waals surface area contributed by atoms with E-state index in [-0.39, 0.29) is 5.91 Å². The number of carbonyl (C=O) groups excluding carboxylic acids is 1.